The van der Waals surface area contributed by atoms with Crippen molar-refractivity contribution in [2.24, 2.45) is 7.05 Å². The number of nitrogens with zero attached hydrogens (tertiary/aromatic N) is 3. The number of likely N-dealkylation sites (N-methyl/N-ethyl adjacent to an activating group) is 1. The maximum Gasteiger partial charge on any atom is 0.274 e. The van der Waals surface area contributed by atoms with Crippen LogP contribution in [0.4, 0.5) is 0 Å². The summed E-state index contributed by atoms with van der Waals surface area (Å²) in [6.07, 6.45) is -0.738. The molecular weight excluding hydrogens is 294 g/mol. The van der Waals surface area contributed by atoms with Crippen LogP contribution < -0.4 is 0 Å². The van der Waals surface area contributed by atoms with Crippen molar-refractivity contribution in [1.29, 1.82) is 0 Å². The average Bonchev–Trinajstić information content (AvgIpc) is 2.87. The van der Waals surface area contributed by atoms with Crippen molar-refractivity contribution < 1.29 is 14.6 Å². The van der Waals surface area contributed by atoms with E-state index in [0.717, 1.165) is 11.3 Å². The second kappa shape index (κ2) is 7.89. The Hall–Kier alpha value is -2.18. The minimum absolute atomic E-state index is 0.174. The van der Waals surface area contributed by atoms with E-state index in [2.05, 4.69) is 5.10 Å². The van der Waals surface area contributed by atoms with Crippen molar-refractivity contribution in [3.05, 3.63) is 53.3 Å². The van der Waals surface area contributed by atoms with Crippen LogP contribution in [0.2, 0.25) is 0 Å². The first-order valence-electron chi connectivity index (χ1n) is 7.53. The fourth-order valence-corrected chi connectivity index (χ4v) is 2.20. The van der Waals surface area contributed by atoms with Crippen LogP contribution >= 0.6 is 0 Å². The number of aliphatic hydroxyl groups excluding tert-OH is 1. The Balaban J connectivity index is 1.77. The average molecular weight is 317 g/mol. The highest BCUT2D eigenvalue weighted by Crippen LogP contribution is 2.06. The number of aliphatic hydroxyl groups is 1. The number of carbonyl (C=O) groups excluding carboxylic acids is 1. The van der Waals surface area contributed by atoms with E-state index >= 15 is 0 Å². The van der Waals surface area contributed by atoms with E-state index in [1.807, 2.05) is 37.3 Å². The van der Waals surface area contributed by atoms with E-state index in [-0.39, 0.29) is 19.1 Å². The lowest BCUT2D eigenvalue weighted by atomic mass is 10.2. The van der Waals surface area contributed by atoms with Gasteiger partial charge in [0, 0.05) is 26.3 Å². The Labute approximate surface area is 136 Å². The first-order chi connectivity index (χ1) is 11.0. The molecule has 6 nitrogen and oxygen atoms in total. The first kappa shape index (κ1) is 17.2. The zero-order valence-corrected chi connectivity index (χ0v) is 13.8. The van der Waals surface area contributed by atoms with Gasteiger partial charge in [-0.15, -0.1) is 0 Å². The normalized spacial score (nSPS) is 12.2. The molecule has 2 aromatic rings. The fourth-order valence-electron chi connectivity index (χ4n) is 2.20. The Morgan fingerprint density at radius 2 is 2.09 bits per heavy atom. The molecular formula is C17H23N3O3. The van der Waals surface area contributed by atoms with E-state index in [9.17, 15) is 9.90 Å². The molecule has 1 aromatic heterocycles. The third-order valence-corrected chi connectivity index (χ3v) is 3.59. The number of hydrogen-bond acceptors (Lipinski definition) is 4. The summed E-state index contributed by atoms with van der Waals surface area (Å²) in [5, 5.41) is 14.2. The molecule has 1 N–H and O–H groups in total. The molecule has 1 aromatic carbocycles. The third-order valence-electron chi connectivity index (χ3n) is 3.59. The molecule has 0 aliphatic rings. The maximum absolute atomic E-state index is 12.2. The highest BCUT2D eigenvalue weighted by Gasteiger charge is 2.18. The number of hydrogen-bond donors (Lipinski definition) is 1. The minimum atomic E-state index is -0.738. The summed E-state index contributed by atoms with van der Waals surface area (Å²) in [6.45, 7) is 2.70. The van der Waals surface area contributed by atoms with Crippen LogP contribution in [0, 0.1) is 6.92 Å². The predicted octanol–water partition coefficient (Wildman–Crippen LogP) is 1.38. The topological polar surface area (TPSA) is 67.6 Å². The van der Waals surface area contributed by atoms with Crippen LogP contribution in [0.25, 0.3) is 0 Å². The Bertz CT molecular complexity index is 620. The molecule has 0 spiro atoms. The highest BCUT2D eigenvalue weighted by atomic mass is 16.5. The molecule has 1 amide bonds. The van der Waals surface area contributed by atoms with Crippen LogP contribution in [0.3, 0.4) is 0 Å². The summed E-state index contributed by atoms with van der Waals surface area (Å²) in [5.74, 6) is -0.212. The van der Waals surface area contributed by atoms with E-state index in [0.29, 0.717) is 12.3 Å². The molecule has 124 valence electrons. The monoisotopic (exact) mass is 317 g/mol. The van der Waals surface area contributed by atoms with Gasteiger partial charge in [0.2, 0.25) is 0 Å². The maximum atomic E-state index is 12.2. The molecule has 2 rings (SSSR count). The van der Waals surface area contributed by atoms with Gasteiger partial charge < -0.3 is 14.7 Å². The van der Waals surface area contributed by atoms with Crippen molar-refractivity contribution in [1.82, 2.24) is 14.7 Å². The molecule has 0 aliphatic heterocycles. The minimum Gasteiger partial charge on any atom is -0.389 e. The number of carbonyl (C=O) groups is 1. The number of ether oxygens (including phenoxy) is 1. The van der Waals surface area contributed by atoms with Crippen LogP contribution in [0.15, 0.2) is 36.4 Å². The number of aryl methyl sites for hydroxylation is 2. The lowest BCUT2D eigenvalue weighted by Crippen LogP contribution is -2.36. The summed E-state index contributed by atoms with van der Waals surface area (Å²) < 4.78 is 7.14. The predicted molar refractivity (Wildman–Crippen MR) is 87.0 cm³/mol. The van der Waals surface area contributed by atoms with Gasteiger partial charge in [-0.3, -0.25) is 9.48 Å². The van der Waals surface area contributed by atoms with Crippen molar-refractivity contribution in [3.63, 3.8) is 0 Å². The van der Waals surface area contributed by atoms with Gasteiger partial charge in [0.05, 0.1) is 19.3 Å². The van der Waals surface area contributed by atoms with Crippen molar-refractivity contribution in [2.75, 3.05) is 20.2 Å². The summed E-state index contributed by atoms with van der Waals surface area (Å²) >= 11 is 0. The molecule has 0 saturated carbocycles. The standard InChI is InChI=1S/C17H23N3O3/c1-13-9-16(18-20(13)3)17(22)19(2)10-15(21)12-23-11-14-7-5-4-6-8-14/h4-9,15,21H,10-12H2,1-3H3. The molecule has 0 saturated heterocycles. The Morgan fingerprint density at radius 1 is 1.39 bits per heavy atom. The summed E-state index contributed by atoms with van der Waals surface area (Å²) in [6, 6.07) is 11.5. The second-order valence-corrected chi connectivity index (χ2v) is 5.63. The lowest BCUT2D eigenvalue weighted by Gasteiger charge is -2.20. The van der Waals surface area contributed by atoms with Gasteiger partial charge in [-0.25, -0.2) is 0 Å². The van der Waals surface area contributed by atoms with E-state index < -0.39 is 6.10 Å². The van der Waals surface area contributed by atoms with Crippen molar-refractivity contribution >= 4 is 5.91 Å². The largest absolute Gasteiger partial charge is 0.389 e. The van der Waals surface area contributed by atoms with Crippen LogP contribution in [-0.4, -0.2) is 52.0 Å². The fraction of sp³-hybridized carbons (Fsp3) is 0.412. The van der Waals surface area contributed by atoms with Crippen LogP contribution in [0.5, 0.6) is 0 Å². The van der Waals surface area contributed by atoms with E-state index in [4.69, 9.17) is 4.74 Å². The summed E-state index contributed by atoms with van der Waals surface area (Å²) in [5.41, 5.74) is 2.34. The number of rotatable bonds is 7. The first-order valence-corrected chi connectivity index (χ1v) is 7.53. The summed E-state index contributed by atoms with van der Waals surface area (Å²) in [7, 11) is 3.44. The number of amides is 1. The van der Waals surface area contributed by atoms with Gasteiger partial charge >= 0.3 is 0 Å². The lowest BCUT2D eigenvalue weighted by molar-refractivity contribution is 0.0135. The van der Waals surface area contributed by atoms with Gasteiger partial charge in [0.1, 0.15) is 0 Å². The van der Waals surface area contributed by atoms with Gasteiger partial charge in [0.15, 0.2) is 5.69 Å². The number of benzene rings is 1. The Kier molecular flexibility index (Phi) is 5.90. The molecule has 6 heteroatoms. The van der Waals surface area contributed by atoms with E-state index in [1.54, 1.807) is 24.8 Å². The number of aromatic nitrogens is 2. The van der Waals surface area contributed by atoms with Crippen LogP contribution in [0.1, 0.15) is 21.7 Å². The van der Waals surface area contributed by atoms with Gasteiger partial charge in [-0.2, -0.15) is 5.10 Å². The quantitative estimate of drug-likeness (QED) is 0.838. The van der Waals surface area contributed by atoms with Crippen LogP contribution in [-0.2, 0) is 18.4 Å². The smallest absolute Gasteiger partial charge is 0.274 e. The van der Waals surface area contributed by atoms with Gasteiger partial charge in [-0.05, 0) is 18.6 Å². The molecule has 1 unspecified atom stereocenters. The van der Waals surface area contributed by atoms with Gasteiger partial charge in [0.25, 0.3) is 5.91 Å². The van der Waals surface area contributed by atoms with Gasteiger partial charge in [-0.1, -0.05) is 30.3 Å². The molecule has 0 aliphatic carbocycles. The summed E-state index contributed by atoms with van der Waals surface area (Å²) in [4.78, 5) is 13.7. The second-order valence-electron chi connectivity index (χ2n) is 5.63. The van der Waals surface area contributed by atoms with Crippen molar-refractivity contribution in [2.45, 2.75) is 19.6 Å². The molecule has 23 heavy (non-hydrogen) atoms. The third kappa shape index (κ3) is 4.91. The Morgan fingerprint density at radius 3 is 2.70 bits per heavy atom. The van der Waals surface area contributed by atoms with Crippen molar-refractivity contribution in [3.8, 4) is 0 Å². The zero-order chi connectivity index (χ0) is 16.8. The van der Waals surface area contributed by atoms with E-state index in [1.165, 1.54) is 4.90 Å². The highest BCUT2D eigenvalue weighted by molar-refractivity contribution is 5.92. The molecule has 1 heterocycles. The zero-order valence-electron chi connectivity index (χ0n) is 13.8. The molecule has 0 radical (unpaired) electrons. The molecule has 1 atom stereocenters. The molecule has 0 fully saturated rings. The molecule has 0 bridgehead atoms. The SMILES string of the molecule is Cc1cc(C(=O)N(C)CC(O)COCc2ccccc2)nn1C.